The molecular formula is C16H21N5O2S. The van der Waals surface area contributed by atoms with E-state index in [0.717, 1.165) is 36.3 Å². The molecule has 1 fully saturated rings. The zero-order valence-corrected chi connectivity index (χ0v) is 14.1. The quantitative estimate of drug-likeness (QED) is 0.548. The van der Waals surface area contributed by atoms with Gasteiger partial charge >= 0.3 is 0 Å². The first-order valence-corrected chi connectivity index (χ1v) is 8.94. The first-order valence-electron chi connectivity index (χ1n) is 8.12. The van der Waals surface area contributed by atoms with E-state index >= 15 is 0 Å². The molecule has 5 N–H and O–H groups in total. The standard InChI is InChI=1S/C16H21N5O2S/c17-13(20-10-6-3-4-8-19-15(10)23)12(14(18)22)16-21-9-5-1-2-7-11(9)24-16/h1,5,10,12H,2-4,6-8H2,(H2,17,20)(H2,18,22)(H,19,23). The van der Waals surface area contributed by atoms with Crippen LogP contribution in [0.25, 0.3) is 6.08 Å². The number of aromatic nitrogens is 1. The van der Waals surface area contributed by atoms with Crippen LogP contribution in [0.1, 0.15) is 47.2 Å². The number of nitrogens with one attached hydrogen (secondary N) is 1. The summed E-state index contributed by atoms with van der Waals surface area (Å²) in [6.45, 7) is 0.648. The third kappa shape index (κ3) is 3.48. The Labute approximate surface area is 144 Å². The summed E-state index contributed by atoms with van der Waals surface area (Å²) in [7, 11) is 0. The van der Waals surface area contributed by atoms with Crippen molar-refractivity contribution in [2.45, 2.75) is 44.1 Å². The summed E-state index contributed by atoms with van der Waals surface area (Å²) in [6, 6.07) is -0.566. The van der Waals surface area contributed by atoms with Crippen molar-refractivity contribution in [3.8, 4) is 0 Å². The molecule has 1 aromatic heterocycles. The summed E-state index contributed by atoms with van der Waals surface area (Å²) in [5.74, 6) is -1.56. The number of nitrogens with zero attached hydrogens (tertiary/aromatic N) is 2. The van der Waals surface area contributed by atoms with Gasteiger partial charge in [0, 0.05) is 11.4 Å². The van der Waals surface area contributed by atoms with Gasteiger partial charge in [-0.15, -0.1) is 11.3 Å². The number of carbonyl (C=O) groups is 2. The number of amidine groups is 1. The highest BCUT2D eigenvalue weighted by Gasteiger charge is 2.29. The number of aryl methyl sites for hydroxylation is 1. The van der Waals surface area contributed by atoms with Crippen LogP contribution in [-0.4, -0.2) is 35.2 Å². The van der Waals surface area contributed by atoms with E-state index in [1.807, 2.05) is 6.08 Å². The number of allylic oxidation sites excluding steroid dienone is 1. The Morgan fingerprint density at radius 2 is 2.25 bits per heavy atom. The van der Waals surface area contributed by atoms with E-state index in [-0.39, 0.29) is 11.7 Å². The largest absolute Gasteiger partial charge is 0.386 e. The van der Waals surface area contributed by atoms with Crippen molar-refractivity contribution in [2.75, 3.05) is 6.54 Å². The average Bonchev–Trinajstić information content (AvgIpc) is 2.85. The van der Waals surface area contributed by atoms with Gasteiger partial charge in [-0.1, -0.05) is 6.08 Å². The molecule has 2 aliphatic rings. The van der Waals surface area contributed by atoms with Crippen molar-refractivity contribution >= 4 is 35.1 Å². The lowest BCUT2D eigenvalue weighted by Gasteiger charge is -2.14. The molecule has 0 aromatic carbocycles. The molecule has 0 spiro atoms. The molecule has 0 saturated carbocycles. The topological polar surface area (TPSA) is 123 Å². The Balaban J connectivity index is 1.88. The van der Waals surface area contributed by atoms with Gasteiger partial charge < -0.3 is 16.8 Å². The number of carbonyl (C=O) groups excluding carboxylic acids is 2. The number of hydrogen-bond donors (Lipinski definition) is 3. The number of thiazole rings is 1. The Bertz CT molecular complexity index is 709. The van der Waals surface area contributed by atoms with Gasteiger partial charge in [0.2, 0.25) is 11.8 Å². The van der Waals surface area contributed by atoms with Crippen LogP contribution in [0.4, 0.5) is 0 Å². The van der Waals surface area contributed by atoms with Gasteiger partial charge in [0.15, 0.2) is 0 Å². The maximum Gasteiger partial charge on any atom is 0.244 e. The molecule has 7 nitrogen and oxygen atoms in total. The highest BCUT2D eigenvalue weighted by Crippen LogP contribution is 2.30. The molecule has 1 aromatic rings. The predicted octanol–water partition coefficient (Wildman–Crippen LogP) is 0.697. The molecule has 2 heterocycles. The number of rotatable bonds is 4. The van der Waals surface area contributed by atoms with Crippen LogP contribution in [0.5, 0.6) is 0 Å². The smallest absolute Gasteiger partial charge is 0.244 e. The summed E-state index contributed by atoms with van der Waals surface area (Å²) in [5.41, 5.74) is 12.5. The van der Waals surface area contributed by atoms with Gasteiger partial charge in [-0.05, 0) is 38.2 Å². The monoisotopic (exact) mass is 347 g/mol. The van der Waals surface area contributed by atoms with E-state index in [1.54, 1.807) is 0 Å². The van der Waals surface area contributed by atoms with Gasteiger partial charge in [0.05, 0.1) is 5.69 Å². The molecule has 2 amide bonds. The van der Waals surface area contributed by atoms with Crippen molar-refractivity contribution < 1.29 is 9.59 Å². The fourth-order valence-corrected chi connectivity index (χ4v) is 4.11. The maximum absolute atomic E-state index is 12.0. The molecule has 1 aliphatic carbocycles. The van der Waals surface area contributed by atoms with Gasteiger partial charge in [0.1, 0.15) is 22.8 Å². The molecule has 3 rings (SSSR count). The number of fused-ring (bicyclic) bond motifs is 1. The van der Waals surface area contributed by atoms with E-state index in [0.29, 0.717) is 18.0 Å². The van der Waals surface area contributed by atoms with Crippen molar-refractivity contribution in [1.82, 2.24) is 10.3 Å². The molecule has 1 saturated heterocycles. The lowest BCUT2D eigenvalue weighted by atomic mass is 10.1. The minimum atomic E-state index is -0.884. The Hall–Kier alpha value is -2.22. The third-order valence-electron chi connectivity index (χ3n) is 4.20. The molecule has 128 valence electrons. The summed E-state index contributed by atoms with van der Waals surface area (Å²) < 4.78 is 0. The van der Waals surface area contributed by atoms with E-state index in [1.165, 1.54) is 11.3 Å². The second-order valence-corrected chi connectivity index (χ2v) is 7.11. The summed E-state index contributed by atoms with van der Waals surface area (Å²) >= 11 is 1.44. The zero-order chi connectivity index (χ0) is 17.1. The summed E-state index contributed by atoms with van der Waals surface area (Å²) in [6.07, 6.45) is 8.29. The fraction of sp³-hybridized carbons (Fsp3) is 0.500. The van der Waals surface area contributed by atoms with Crippen LogP contribution in [0.3, 0.4) is 0 Å². The zero-order valence-electron chi connectivity index (χ0n) is 13.3. The Kier molecular flexibility index (Phi) is 4.94. The van der Waals surface area contributed by atoms with E-state index in [2.05, 4.69) is 21.4 Å². The van der Waals surface area contributed by atoms with Crippen LogP contribution < -0.4 is 16.8 Å². The van der Waals surface area contributed by atoms with E-state index in [4.69, 9.17) is 11.5 Å². The fourth-order valence-electron chi connectivity index (χ4n) is 2.92. The third-order valence-corrected chi connectivity index (χ3v) is 5.39. The Morgan fingerprint density at radius 1 is 1.42 bits per heavy atom. The first-order chi connectivity index (χ1) is 11.6. The molecular weight excluding hydrogens is 326 g/mol. The number of primary amides is 1. The second-order valence-electron chi connectivity index (χ2n) is 5.99. The first kappa shape index (κ1) is 16.6. The van der Waals surface area contributed by atoms with Crippen molar-refractivity contribution in [3.05, 3.63) is 21.7 Å². The van der Waals surface area contributed by atoms with Gasteiger partial charge in [-0.3, -0.25) is 14.6 Å². The molecule has 2 atom stereocenters. The van der Waals surface area contributed by atoms with E-state index in [9.17, 15) is 9.59 Å². The van der Waals surface area contributed by atoms with Crippen LogP contribution in [0.2, 0.25) is 0 Å². The Morgan fingerprint density at radius 3 is 3.00 bits per heavy atom. The number of aliphatic imine (C=N–C) groups is 1. The summed E-state index contributed by atoms with van der Waals surface area (Å²) in [5, 5.41) is 3.36. The van der Waals surface area contributed by atoms with Crippen LogP contribution in [0.15, 0.2) is 11.1 Å². The van der Waals surface area contributed by atoms with Crippen molar-refractivity contribution in [3.63, 3.8) is 0 Å². The van der Waals surface area contributed by atoms with Gasteiger partial charge in [-0.2, -0.15) is 0 Å². The molecule has 0 radical (unpaired) electrons. The number of amides is 2. The number of hydrogen-bond acceptors (Lipinski definition) is 5. The minimum Gasteiger partial charge on any atom is -0.386 e. The lowest BCUT2D eigenvalue weighted by molar-refractivity contribution is -0.122. The SMILES string of the molecule is NC(=O)C(C(N)=NC1CCCCNC1=O)c1nc2c(s1)CCC=C2. The summed E-state index contributed by atoms with van der Waals surface area (Å²) in [4.78, 5) is 33.9. The molecule has 1 aliphatic heterocycles. The maximum atomic E-state index is 12.0. The van der Waals surface area contributed by atoms with Crippen LogP contribution in [-0.2, 0) is 16.0 Å². The van der Waals surface area contributed by atoms with Gasteiger partial charge in [0.25, 0.3) is 0 Å². The molecule has 24 heavy (non-hydrogen) atoms. The highest BCUT2D eigenvalue weighted by atomic mass is 32.1. The van der Waals surface area contributed by atoms with Gasteiger partial charge in [-0.25, -0.2) is 4.98 Å². The molecule has 0 bridgehead atoms. The van der Waals surface area contributed by atoms with Crippen molar-refractivity contribution in [1.29, 1.82) is 0 Å². The highest BCUT2D eigenvalue weighted by molar-refractivity contribution is 7.12. The predicted molar refractivity (Wildman–Crippen MR) is 93.7 cm³/mol. The van der Waals surface area contributed by atoms with Crippen LogP contribution >= 0.6 is 11.3 Å². The average molecular weight is 347 g/mol. The molecule has 2 unspecified atom stereocenters. The molecule has 8 heteroatoms. The number of nitrogens with two attached hydrogens (primary N) is 2. The van der Waals surface area contributed by atoms with E-state index < -0.39 is 17.9 Å². The van der Waals surface area contributed by atoms with Crippen molar-refractivity contribution in [2.24, 2.45) is 16.5 Å². The second kappa shape index (κ2) is 7.12. The minimum absolute atomic E-state index is 0.0691. The normalized spacial score (nSPS) is 22.4. The van der Waals surface area contributed by atoms with Crippen LogP contribution in [0, 0.1) is 0 Å². The lowest BCUT2D eigenvalue weighted by Crippen LogP contribution is -2.37.